The highest BCUT2D eigenvalue weighted by atomic mass is 16.5. The molecule has 3 heterocycles. The predicted molar refractivity (Wildman–Crippen MR) is 104 cm³/mol. The lowest BCUT2D eigenvalue weighted by molar-refractivity contribution is 0.123. The maximum Gasteiger partial charge on any atom is 0.407 e. The van der Waals surface area contributed by atoms with E-state index in [1.165, 1.54) is 4.90 Å². The maximum atomic E-state index is 11.0. The third-order valence-corrected chi connectivity index (χ3v) is 5.59. The first-order valence-electron chi connectivity index (χ1n) is 9.57. The highest BCUT2D eigenvalue weighted by Gasteiger charge is 2.23. The number of aryl methyl sites for hydroxylation is 1. The Bertz CT molecular complexity index is 962. The van der Waals surface area contributed by atoms with E-state index in [1.807, 2.05) is 30.3 Å². The molecule has 1 aliphatic heterocycles. The second-order valence-corrected chi connectivity index (χ2v) is 7.22. The number of fused-ring (bicyclic) bond motifs is 1. The fourth-order valence-corrected chi connectivity index (χ4v) is 3.96. The van der Waals surface area contributed by atoms with Gasteiger partial charge in [0.1, 0.15) is 0 Å². The van der Waals surface area contributed by atoms with Crippen molar-refractivity contribution < 1.29 is 19.5 Å². The Morgan fingerprint density at radius 1 is 1.21 bits per heavy atom. The summed E-state index contributed by atoms with van der Waals surface area (Å²) in [7, 11) is 0. The van der Waals surface area contributed by atoms with Crippen molar-refractivity contribution in [3.63, 3.8) is 0 Å². The quantitative estimate of drug-likeness (QED) is 0.699. The second-order valence-electron chi connectivity index (χ2n) is 7.22. The smallest absolute Gasteiger partial charge is 0.407 e. The Morgan fingerprint density at radius 3 is 2.71 bits per heavy atom. The highest BCUT2D eigenvalue weighted by molar-refractivity contribution is 5.88. The number of hydrogen-bond donors (Lipinski definition) is 2. The monoisotopic (exact) mass is 381 g/mol. The van der Waals surface area contributed by atoms with E-state index in [9.17, 15) is 9.90 Å². The number of aliphatic hydroxyl groups excluding tert-OH is 1. The number of hydrogen-bond acceptors (Lipinski definition) is 5. The molecule has 1 aromatic carbocycles. The van der Waals surface area contributed by atoms with Crippen LogP contribution in [0.2, 0.25) is 0 Å². The van der Waals surface area contributed by atoms with Gasteiger partial charge in [-0.05, 0) is 49.8 Å². The summed E-state index contributed by atoms with van der Waals surface area (Å²) >= 11 is 0. The average molecular weight is 381 g/mol. The van der Waals surface area contributed by atoms with Gasteiger partial charge >= 0.3 is 6.09 Å². The number of pyridine rings is 1. The zero-order chi connectivity index (χ0) is 19.5. The van der Waals surface area contributed by atoms with Crippen molar-refractivity contribution >= 4 is 17.1 Å². The molecule has 3 aromatic rings. The first-order chi connectivity index (χ1) is 13.7. The number of likely N-dealkylation sites (tertiary alicyclic amines) is 1. The minimum Gasteiger partial charge on any atom is -0.465 e. The van der Waals surface area contributed by atoms with E-state index in [-0.39, 0.29) is 6.61 Å². The van der Waals surface area contributed by atoms with Gasteiger partial charge in [0.05, 0.1) is 18.0 Å². The lowest BCUT2D eigenvalue weighted by atomic mass is 9.91. The van der Waals surface area contributed by atoms with E-state index in [0.717, 1.165) is 48.0 Å². The molecule has 0 saturated carbocycles. The van der Waals surface area contributed by atoms with Gasteiger partial charge in [0.15, 0.2) is 5.58 Å². The average Bonchev–Trinajstić information content (AvgIpc) is 3.15. The Hall–Kier alpha value is -2.93. The van der Waals surface area contributed by atoms with E-state index < -0.39 is 6.09 Å². The molecule has 0 spiro atoms. The highest BCUT2D eigenvalue weighted by Crippen LogP contribution is 2.32. The number of rotatable bonds is 5. The van der Waals surface area contributed by atoms with Crippen LogP contribution in [0.4, 0.5) is 4.79 Å². The second kappa shape index (κ2) is 7.98. The van der Waals surface area contributed by atoms with Crippen LogP contribution in [0.1, 0.15) is 30.5 Å². The number of amides is 1. The molecule has 4 rings (SSSR count). The largest absolute Gasteiger partial charge is 0.465 e. The normalized spacial score (nSPS) is 15.2. The third kappa shape index (κ3) is 3.57. The molecule has 0 unspecified atom stereocenters. The molecule has 28 heavy (non-hydrogen) atoms. The first-order valence-corrected chi connectivity index (χ1v) is 9.57. The lowest BCUT2D eigenvalue weighted by Gasteiger charge is -2.29. The summed E-state index contributed by atoms with van der Waals surface area (Å²) in [6.45, 7) is 1.05. The Morgan fingerprint density at radius 2 is 2.04 bits per heavy atom. The molecule has 146 valence electrons. The molecule has 1 aliphatic rings. The Labute approximate surface area is 162 Å². The van der Waals surface area contributed by atoms with Gasteiger partial charge in [0.25, 0.3) is 0 Å². The van der Waals surface area contributed by atoms with Gasteiger partial charge in [-0.3, -0.25) is 4.98 Å². The fourth-order valence-electron chi connectivity index (χ4n) is 3.96. The maximum absolute atomic E-state index is 11.0. The van der Waals surface area contributed by atoms with Crippen molar-refractivity contribution in [2.24, 2.45) is 5.92 Å². The fraction of sp³-hybridized carbons (Fsp3) is 0.381. The van der Waals surface area contributed by atoms with Crippen molar-refractivity contribution in [1.29, 1.82) is 0 Å². The molecule has 7 heteroatoms. The number of piperidine rings is 1. The van der Waals surface area contributed by atoms with Crippen LogP contribution in [0.5, 0.6) is 0 Å². The SMILES string of the molecule is O=C(O)N1CCC(CCc2noc3c(CO)c(-c4ccccn4)ccc23)CC1. The van der Waals surface area contributed by atoms with E-state index >= 15 is 0 Å². The molecule has 0 radical (unpaired) electrons. The van der Waals surface area contributed by atoms with Crippen LogP contribution in [-0.2, 0) is 13.0 Å². The van der Waals surface area contributed by atoms with Crippen molar-refractivity contribution in [3.05, 3.63) is 47.8 Å². The first kappa shape index (κ1) is 18.4. The summed E-state index contributed by atoms with van der Waals surface area (Å²) in [4.78, 5) is 16.9. The summed E-state index contributed by atoms with van der Waals surface area (Å²) in [5.74, 6) is 0.493. The van der Waals surface area contributed by atoms with Crippen LogP contribution < -0.4 is 0 Å². The third-order valence-electron chi connectivity index (χ3n) is 5.59. The number of benzene rings is 1. The zero-order valence-electron chi connectivity index (χ0n) is 15.5. The minimum absolute atomic E-state index is 0.147. The molecule has 7 nitrogen and oxygen atoms in total. The number of carbonyl (C=O) groups is 1. The van der Waals surface area contributed by atoms with Gasteiger partial charge in [-0.1, -0.05) is 17.3 Å². The van der Waals surface area contributed by atoms with Crippen LogP contribution in [-0.4, -0.2) is 44.4 Å². The molecular formula is C21H23N3O4. The molecular weight excluding hydrogens is 358 g/mol. The van der Waals surface area contributed by atoms with Crippen molar-refractivity contribution in [2.45, 2.75) is 32.3 Å². The molecule has 0 bridgehead atoms. The van der Waals surface area contributed by atoms with E-state index in [4.69, 9.17) is 9.63 Å². The molecule has 2 aromatic heterocycles. The van der Waals surface area contributed by atoms with Gasteiger partial charge in [-0.2, -0.15) is 0 Å². The Balaban J connectivity index is 1.51. The van der Waals surface area contributed by atoms with E-state index in [1.54, 1.807) is 6.20 Å². The van der Waals surface area contributed by atoms with Crippen molar-refractivity contribution in [3.8, 4) is 11.3 Å². The number of aromatic nitrogens is 2. The van der Waals surface area contributed by atoms with Crippen LogP contribution in [0.15, 0.2) is 41.1 Å². The molecule has 2 N–H and O–H groups in total. The number of carboxylic acid groups (broad SMARTS) is 1. The molecule has 1 saturated heterocycles. The molecule has 1 amide bonds. The van der Waals surface area contributed by atoms with Crippen LogP contribution >= 0.6 is 0 Å². The van der Waals surface area contributed by atoms with Crippen LogP contribution in [0, 0.1) is 5.92 Å². The zero-order valence-corrected chi connectivity index (χ0v) is 15.5. The van der Waals surface area contributed by atoms with Crippen molar-refractivity contribution in [1.82, 2.24) is 15.0 Å². The van der Waals surface area contributed by atoms with E-state index in [2.05, 4.69) is 10.1 Å². The molecule has 0 aliphatic carbocycles. The molecule has 1 fully saturated rings. The topological polar surface area (TPSA) is 99.7 Å². The van der Waals surface area contributed by atoms with Crippen LogP contribution in [0.25, 0.3) is 22.2 Å². The van der Waals surface area contributed by atoms with Gasteiger partial charge in [-0.15, -0.1) is 0 Å². The van der Waals surface area contributed by atoms with Gasteiger partial charge in [0, 0.05) is 35.8 Å². The van der Waals surface area contributed by atoms with Gasteiger partial charge in [0.2, 0.25) is 0 Å². The van der Waals surface area contributed by atoms with E-state index in [0.29, 0.717) is 30.2 Å². The summed E-state index contributed by atoms with van der Waals surface area (Å²) in [6, 6.07) is 9.62. The van der Waals surface area contributed by atoms with Crippen molar-refractivity contribution in [2.75, 3.05) is 13.1 Å². The van der Waals surface area contributed by atoms with Crippen LogP contribution in [0.3, 0.4) is 0 Å². The Kier molecular flexibility index (Phi) is 5.25. The number of nitrogens with zero attached hydrogens (tertiary/aromatic N) is 3. The van der Waals surface area contributed by atoms with Gasteiger partial charge < -0.3 is 19.6 Å². The minimum atomic E-state index is -0.832. The lowest BCUT2D eigenvalue weighted by Crippen LogP contribution is -2.37. The summed E-state index contributed by atoms with van der Waals surface area (Å²) in [5.41, 5.74) is 3.83. The standard InChI is InChI=1S/C21H23N3O4/c25-13-17-15(18-3-1-2-10-22-18)5-6-16-19(23-28-20(16)17)7-4-14-8-11-24(12-9-14)21(26)27/h1-3,5-6,10,14,25H,4,7-9,11-13H2,(H,26,27). The summed E-state index contributed by atoms with van der Waals surface area (Å²) in [5, 5.41) is 24.2. The predicted octanol–water partition coefficient (Wildman–Crippen LogP) is 3.70. The number of aliphatic hydroxyl groups is 1. The summed E-state index contributed by atoms with van der Waals surface area (Å²) in [6.07, 6.45) is 4.38. The van der Waals surface area contributed by atoms with Gasteiger partial charge in [-0.25, -0.2) is 4.79 Å². The summed E-state index contributed by atoms with van der Waals surface area (Å²) < 4.78 is 5.60. The molecule has 0 atom stereocenters.